The Hall–Kier alpha value is -3.51. The highest BCUT2D eigenvalue weighted by molar-refractivity contribution is 7.98. The molecule has 0 amide bonds. The number of nitro benzene ring substituents is 1. The molecule has 5 rings (SSSR count). The first-order valence-corrected chi connectivity index (χ1v) is 10.3. The number of non-ortho nitro benzene ring substituents is 1. The summed E-state index contributed by atoms with van der Waals surface area (Å²) in [5.41, 5.74) is 1.27. The highest BCUT2D eigenvalue weighted by Gasteiger charge is 2.28. The van der Waals surface area contributed by atoms with Crippen molar-refractivity contribution < 1.29 is 23.9 Å². The lowest BCUT2D eigenvalue weighted by molar-refractivity contribution is -0.385. The number of nitrogen functional groups attached to an aromatic ring is 1. The fourth-order valence-corrected chi connectivity index (χ4v) is 4.22. The van der Waals surface area contributed by atoms with Gasteiger partial charge in [-0.1, -0.05) is 23.9 Å². The summed E-state index contributed by atoms with van der Waals surface area (Å²) in [4.78, 5) is 10.8. The van der Waals surface area contributed by atoms with Gasteiger partial charge < -0.3 is 24.8 Å². The van der Waals surface area contributed by atoms with E-state index in [0.717, 1.165) is 0 Å². The first-order chi connectivity index (χ1) is 15.1. The van der Waals surface area contributed by atoms with Crippen LogP contribution < -0.4 is 20.1 Å². The van der Waals surface area contributed by atoms with Crippen LogP contribution in [0.1, 0.15) is 23.1 Å². The first kappa shape index (κ1) is 19.5. The van der Waals surface area contributed by atoms with Gasteiger partial charge in [0.1, 0.15) is 12.4 Å². The third-order valence-electron chi connectivity index (χ3n) is 4.83. The molecule has 12 heteroatoms. The van der Waals surface area contributed by atoms with Crippen LogP contribution in [0.25, 0.3) is 0 Å². The molecule has 0 aliphatic carbocycles. The molecule has 0 bridgehead atoms. The van der Waals surface area contributed by atoms with Crippen LogP contribution in [0, 0.1) is 10.1 Å². The minimum Gasteiger partial charge on any atom is -0.485 e. The molecule has 0 saturated heterocycles. The zero-order valence-corrected chi connectivity index (χ0v) is 16.9. The van der Waals surface area contributed by atoms with Gasteiger partial charge in [-0.3, -0.25) is 10.1 Å². The van der Waals surface area contributed by atoms with Crippen molar-refractivity contribution in [1.29, 1.82) is 0 Å². The Bertz CT molecular complexity index is 1150. The van der Waals surface area contributed by atoms with E-state index < -0.39 is 11.0 Å². The second kappa shape index (κ2) is 7.96. The molecule has 0 spiro atoms. The lowest BCUT2D eigenvalue weighted by Crippen LogP contribution is -2.27. The van der Waals surface area contributed by atoms with Crippen LogP contribution in [0.3, 0.4) is 0 Å². The van der Waals surface area contributed by atoms with E-state index in [1.54, 1.807) is 0 Å². The summed E-state index contributed by atoms with van der Waals surface area (Å²) in [6, 6.07) is 10.3. The van der Waals surface area contributed by atoms with Gasteiger partial charge in [-0.15, -0.1) is 10.2 Å². The maximum atomic E-state index is 11.3. The van der Waals surface area contributed by atoms with Crippen LogP contribution in [0.2, 0.25) is 0 Å². The minimum absolute atomic E-state index is 0.0234. The number of para-hydroxylation sites is 2. The maximum absolute atomic E-state index is 11.3. The summed E-state index contributed by atoms with van der Waals surface area (Å²) in [5.74, 6) is 8.84. The van der Waals surface area contributed by atoms with E-state index in [2.05, 4.69) is 10.2 Å². The largest absolute Gasteiger partial charge is 0.485 e. The quantitative estimate of drug-likeness (QED) is 0.271. The predicted octanol–water partition coefficient (Wildman–Crippen LogP) is 2.57. The second-order valence-electron chi connectivity index (χ2n) is 6.82. The van der Waals surface area contributed by atoms with Crippen LogP contribution in [0.5, 0.6) is 17.2 Å². The van der Waals surface area contributed by atoms with Gasteiger partial charge >= 0.3 is 0 Å². The van der Waals surface area contributed by atoms with Crippen molar-refractivity contribution >= 4 is 17.4 Å². The van der Waals surface area contributed by atoms with Gasteiger partial charge in [0.25, 0.3) is 5.69 Å². The van der Waals surface area contributed by atoms with Crippen molar-refractivity contribution in [2.75, 3.05) is 19.2 Å². The Morgan fingerprint density at radius 2 is 2.06 bits per heavy atom. The number of ether oxygens (including phenoxy) is 4. The molecule has 2 aromatic carbocycles. The van der Waals surface area contributed by atoms with Gasteiger partial charge in [-0.2, -0.15) is 0 Å². The summed E-state index contributed by atoms with van der Waals surface area (Å²) in [7, 11) is 0. The molecule has 11 nitrogen and oxygen atoms in total. The van der Waals surface area contributed by atoms with E-state index in [-0.39, 0.29) is 25.7 Å². The fourth-order valence-electron chi connectivity index (χ4n) is 3.39. The molecule has 160 valence electrons. The second-order valence-corrected chi connectivity index (χ2v) is 7.77. The van der Waals surface area contributed by atoms with Gasteiger partial charge in [0, 0.05) is 29.0 Å². The molecule has 1 aromatic heterocycles. The van der Waals surface area contributed by atoms with Gasteiger partial charge in [-0.05, 0) is 12.1 Å². The predicted molar refractivity (Wildman–Crippen MR) is 108 cm³/mol. The molecule has 2 aliphatic heterocycles. The number of hydrogen-bond acceptors (Lipinski definition) is 10. The molecule has 2 aliphatic rings. The van der Waals surface area contributed by atoms with Crippen LogP contribution in [0.4, 0.5) is 5.69 Å². The highest BCUT2D eigenvalue weighted by Crippen LogP contribution is 2.38. The molecule has 2 N–H and O–H groups in total. The van der Waals surface area contributed by atoms with Gasteiger partial charge in [-0.25, -0.2) is 4.68 Å². The SMILES string of the molecule is Nn1c(SCc2cc([N+](=O)[O-])cc3c2OCOC3)nnc1C1COc2ccccc2O1. The zero-order valence-electron chi connectivity index (χ0n) is 16.1. The smallest absolute Gasteiger partial charge is 0.270 e. The number of thioether (sulfide) groups is 1. The molecule has 1 unspecified atom stereocenters. The molecular weight excluding hydrogens is 426 g/mol. The molecule has 1 atom stereocenters. The third kappa shape index (κ3) is 3.70. The summed E-state index contributed by atoms with van der Waals surface area (Å²) in [6.45, 7) is 0.607. The van der Waals surface area contributed by atoms with Crippen LogP contribution >= 0.6 is 11.8 Å². The monoisotopic (exact) mass is 443 g/mol. The lowest BCUT2D eigenvalue weighted by atomic mass is 10.1. The molecule has 3 aromatic rings. The Morgan fingerprint density at radius 3 is 2.90 bits per heavy atom. The van der Waals surface area contributed by atoms with Gasteiger partial charge in [0.05, 0.1) is 11.5 Å². The Kier molecular flexibility index (Phi) is 5.00. The number of nitrogens with zero attached hydrogens (tertiary/aromatic N) is 4. The first-order valence-electron chi connectivity index (χ1n) is 9.32. The number of benzene rings is 2. The standard InChI is InChI=1S/C19H17N5O6S/c20-23-18(16-8-28-14-3-1-2-4-15(14)30-16)21-22-19(23)31-9-12-6-13(24(25)26)5-11-7-27-10-29-17(11)12/h1-6,16H,7-10,20H2. The highest BCUT2D eigenvalue weighted by atomic mass is 32.2. The van der Waals surface area contributed by atoms with Crippen LogP contribution in [0.15, 0.2) is 41.6 Å². The van der Waals surface area contributed by atoms with Crippen molar-refractivity contribution in [1.82, 2.24) is 14.9 Å². The average Bonchev–Trinajstić information content (AvgIpc) is 3.17. The number of fused-ring (bicyclic) bond motifs is 2. The summed E-state index contributed by atoms with van der Waals surface area (Å²) < 4.78 is 23.8. The maximum Gasteiger partial charge on any atom is 0.270 e. The Balaban J connectivity index is 1.35. The minimum atomic E-state index is -0.507. The van der Waals surface area contributed by atoms with Crippen molar-refractivity contribution in [3.05, 3.63) is 63.5 Å². The van der Waals surface area contributed by atoms with Crippen LogP contribution in [-0.4, -0.2) is 33.2 Å². The lowest BCUT2D eigenvalue weighted by Gasteiger charge is -2.25. The van der Waals surface area contributed by atoms with E-state index in [1.165, 1.54) is 28.6 Å². The molecule has 3 heterocycles. The number of nitro groups is 1. The summed E-state index contributed by atoms with van der Waals surface area (Å²) in [5, 5.41) is 20.0. The number of rotatable bonds is 5. The number of nitrogens with two attached hydrogens (primary N) is 1. The van der Waals surface area contributed by atoms with E-state index in [1.807, 2.05) is 24.3 Å². The topological polar surface area (TPSA) is 137 Å². The normalized spacial score (nSPS) is 17.0. The van der Waals surface area contributed by atoms with Crippen molar-refractivity contribution in [2.24, 2.45) is 0 Å². The average molecular weight is 443 g/mol. The molecule has 0 saturated carbocycles. The zero-order chi connectivity index (χ0) is 21.4. The van der Waals surface area contributed by atoms with Crippen molar-refractivity contribution in [3.63, 3.8) is 0 Å². The van der Waals surface area contributed by atoms with E-state index in [9.17, 15) is 10.1 Å². The molecule has 0 fully saturated rings. The molecular formula is C19H17N5O6S. The summed E-state index contributed by atoms with van der Waals surface area (Å²) in [6.07, 6.45) is -0.507. The van der Waals surface area contributed by atoms with E-state index >= 15 is 0 Å². The van der Waals surface area contributed by atoms with Gasteiger partial charge in [0.2, 0.25) is 5.16 Å². The third-order valence-corrected chi connectivity index (χ3v) is 5.82. The fraction of sp³-hybridized carbons (Fsp3) is 0.263. The van der Waals surface area contributed by atoms with Crippen molar-refractivity contribution in [3.8, 4) is 17.2 Å². The van der Waals surface area contributed by atoms with Crippen LogP contribution in [-0.2, 0) is 17.1 Å². The van der Waals surface area contributed by atoms with E-state index in [4.69, 9.17) is 24.8 Å². The molecule has 31 heavy (non-hydrogen) atoms. The van der Waals surface area contributed by atoms with Gasteiger partial charge in [0.15, 0.2) is 30.2 Å². The number of hydrogen-bond donors (Lipinski definition) is 1. The summed E-state index contributed by atoms with van der Waals surface area (Å²) >= 11 is 1.29. The Labute approximate surface area is 180 Å². The number of aromatic nitrogens is 3. The van der Waals surface area contributed by atoms with E-state index in [0.29, 0.717) is 45.1 Å². The Morgan fingerprint density at radius 1 is 1.23 bits per heavy atom. The molecule has 0 radical (unpaired) electrons. The van der Waals surface area contributed by atoms with Crippen molar-refractivity contribution in [2.45, 2.75) is 23.6 Å².